The first-order valence-electron chi connectivity index (χ1n) is 9.32. The number of nitrogens with one attached hydrogen (secondary N) is 1. The van der Waals surface area contributed by atoms with Crippen LogP contribution in [0.3, 0.4) is 0 Å². The van der Waals surface area contributed by atoms with Crippen molar-refractivity contribution in [3.05, 3.63) is 53.6 Å². The van der Waals surface area contributed by atoms with E-state index in [0.29, 0.717) is 6.04 Å². The monoisotopic (exact) mass is 331 g/mol. The fourth-order valence-corrected chi connectivity index (χ4v) is 3.75. The van der Waals surface area contributed by atoms with Gasteiger partial charge in [-0.05, 0) is 43.9 Å². The van der Waals surface area contributed by atoms with Crippen LogP contribution in [-0.2, 0) is 0 Å². The molecule has 1 saturated carbocycles. The molecule has 0 unspecified atom stereocenters. The number of rotatable bonds is 3. The zero-order valence-electron chi connectivity index (χ0n) is 15.0. The Morgan fingerprint density at radius 1 is 0.840 bits per heavy atom. The summed E-state index contributed by atoms with van der Waals surface area (Å²) in [6.45, 7) is 4.29. The van der Waals surface area contributed by atoms with Crippen molar-refractivity contribution in [1.82, 2.24) is 10.2 Å². The third kappa shape index (κ3) is 3.23. The fourth-order valence-electron chi connectivity index (χ4n) is 3.75. The molecule has 0 aliphatic heterocycles. The normalized spacial score (nSPS) is 15.4. The van der Waals surface area contributed by atoms with Gasteiger partial charge in [0, 0.05) is 22.4 Å². The fraction of sp³-hybridized carbons (Fsp3) is 0.364. The minimum atomic E-state index is 0.527. The lowest BCUT2D eigenvalue weighted by Crippen LogP contribution is -2.23. The molecule has 2 aromatic carbocycles. The second kappa shape index (κ2) is 6.83. The highest BCUT2D eigenvalue weighted by Gasteiger charge is 2.17. The van der Waals surface area contributed by atoms with E-state index in [2.05, 4.69) is 71.8 Å². The Balaban J connectivity index is 1.77. The molecule has 0 radical (unpaired) electrons. The van der Waals surface area contributed by atoms with Gasteiger partial charge in [0.25, 0.3) is 0 Å². The lowest BCUT2D eigenvalue weighted by Gasteiger charge is -2.24. The molecule has 1 fully saturated rings. The van der Waals surface area contributed by atoms with Crippen molar-refractivity contribution in [3.63, 3.8) is 0 Å². The number of aryl methyl sites for hydroxylation is 2. The summed E-state index contributed by atoms with van der Waals surface area (Å²) >= 11 is 0. The Kier molecular flexibility index (Phi) is 4.39. The van der Waals surface area contributed by atoms with Gasteiger partial charge < -0.3 is 5.32 Å². The number of aromatic nitrogens is 2. The molecule has 3 nitrogen and oxygen atoms in total. The molecule has 0 bridgehead atoms. The number of hydrogen-bond acceptors (Lipinski definition) is 3. The molecule has 1 N–H and O–H groups in total. The van der Waals surface area contributed by atoms with E-state index in [-0.39, 0.29) is 0 Å². The lowest BCUT2D eigenvalue weighted by atomic mass is 9.95. The Hall–Kier alpha value is -2.42. The quantitative estimate of drug-likeness (QED) is 0.673. The summed E-state index contributed by atoms with van der Waals surface area (Å²) in [7, 11) is 0. The van der Waals surface area contributed by atoms with E-state index < -0.39 is 0 Å². The van der Waals surface area contributed by atoms with Gasteiger partial charge in [-0.1, -0.05) is 55.7 Å². The predicted molar refractivity (Wildman–Crippen MR) is 105 cm³/mol. The Morgan fingerprint density at radius 2 is 1.60 bits per heavy atom. The van der Waals surface area contributed by atoms with Crippen molar-refractivity contribution in [3.8, 4) is 11.3 Å². The number of anilines is 1. The number of fused-ring (bicyclic) bond motifs is 1. The average Bonchev–Trinajstić information content (AvgIpc) is 2.65. The number of benzene rings is 2. The molecule has 0 saturated heterocycles. The minimum absolute atomic E-state index is 0.527. The largest absolute Gasteiger partial charge is 0.365 e. The first-order chi connectivity index (χ1) is 12.2. The summed E-state index contributed by atoms with van der Waals surface area (Å²) in [5, 5.41) is 15.1. The Morgan fingerprint density at radius 3 is 2.36 bits per heavy atom. The molecule has 1 heterocycles. The van der Waals surface area contributed by atoms with Crippen LogP contribution in [0.15, 0.2) is 42.5 Å². The highest BCUT2D eigenvalue weighted by atomic mass is 15.2. The Labute approximate surface area is 149 Å². The van der Waals surface area contributed by atoms with Gasteiger partial charge in [-0.2, -0.15) is 0 Å². The van der Waals surface area contributed by atoms with Gasteiger partial charge in [-0.3, -0.25) is 0 Å². The minimum Gasteiger partial charge on any atom is -0.365 e. The number of nitrogens with zero attached hydrogens (tertiary/aromatic N) is 2. The summed E-state index contributed by atoms with van der Waals surface area (Å²) in [6, 6.07) is 15.5. The molecule has 4 rings (SSSR count). The maximum absolute atomic E-state index is 4.60. The predicted octanol–water partition coefficient (Wildman–Crippen LogP) is 5.66. The van der Waals surface area contributed by atoms with Crippen LogP contribution in [0.5, 0.6) is 0 Å². The highest BCUT2D eigenvalue weighted by Crippen LogP contribution is 2.32. The van der Waals surface area contributed by atoms with Crippen molar-refractivity contribution < 1.29 is 0 Å². The van der Waals surface area contributed by atoms with Crippen LogP contribution in [0.4, 0.5) is 5.82 Å². The molecule has 3 heteroatoms. The maximum Gasteiger partial charge on any atom is 0.156 e. The van der Waals surface area contributed by atoms with E-state index in [1.165, 1.54) is 48.6 Å². The summed E-state index contributed by atoms with van der Waals surface area (Å²) in [5.41, 5.74) is 4.69. The second-order valence-corrected chi connectivity index (χ2v) is 7.22. The number of hydrogen-bond donors (Lipinski definition) is 1. The first kappa shape index (κ1) is 16.1. The molecule has 1 aromatic heterocycles. The third-order valence-electron chi connectivity index (χ3n) is 5.41. The van der Waals surface area contributed by atoms with Gasteiger partial charge in [-0.25, -0.2) is 0 Å². The van der Waals surface area contributed by atoms with Crippen molar-refractivity contribution >= 4 is 16.6 Å². The van der Waals surface area contributed by atoms with Crippen LogP contribution in [0.1, 0.15) is 43.2 Å². The summed E-state index contributed by atoms with van der Waals surface area (Å²) in [5.74, 6) is 0.926. The third-order valence-corrected chi connectivity index (χ3v) is 5.41. The summed E-state index contributed by atoms with van der Waals surface area (Å²) in [4.78, 5) is 0. The molecule has 1 aliphatic carbocycles. The molecule has 25 heavy (non-hydrogen) atoms. The van der Waals surface area contributed by atoms with Crippen LogP contribution in [-0.4, -0.2) is 16.2 Å². The zero-order chi connectivity index (χ0) is 17.2. The summed E-state index contributed by atoms with van der Waals surface area (Å²) in [6.07, 6.45) is 6.44. The smallest absolute Gasteiger partial charge is 0.156 e. The topological polar surface area (TPSA) is 37.8 Å². The van der Waals surface area contributed by atoms with Crippen LogP contribution in [0, 0.1) is 13.8 Å². The molecule has 3 aromatic rings. The standard InChI is InChI=1S/C22H25N3/c1-15-12-13-17(14-16(15)2)21-19-10-6-7-11-20(19)22(25-24-21)23-18-8-4-3-5-9-18/h6-7,10-14,18H,3-5,8-9H2,1-2H3,(H,23,25). The van der Waals surface area contributed by atoms with Crippen LogP contribution in [0.2, 0.25) is 0 Å². The molecule has 128 valence electrons. The summed E-state index contributed by atoms with van der Waals surface area (Å²) < 4.78 is 0. The zero-order valence-corrected chi connectivity index (χ0v) is 15.0. The van der Waals surface area contributed by atoms with E-state index in [1.807, 2.05) is 0 Å². The van der Waals surface area contributed by atoms with E-state index >= 15 is 0 Å². The van der Waals surface area contributed by atoms with Gasteiger partial charge in [0.05, 0.1) is 0 Å². The van der Waals surface area contributed by atoms with Gasteiger partial charge in [0.15, 0.2) is 5.82 Å². The molecule has 1 aliphatic rings. The van der Waals surface area contributed by atoms with E-state index in [1.54, 1.807) is 0 Å². The molecular weight excluding hydrogens is 306 g/mol. The molecular formula is C22H25N3. The molecule has 0 spiro atoms. The van der Waals surface area contributed by atoms with Crippen LogP contribution in [0.25, 0.3) is 22.0 Å². The average molecular weight is 331 g/mol. The molecule has 0 atom stereocenters. The van der Waals surface area contributed by atoms with Gasteiger partial charge in [-0.15, -0.1) is 10.2 Å². The Bertz CT molecular complexity index is 895. The van der Waals surface area contributed by atoms with Crippen LogP contribution < -0.4 is 5.32 Å². The van der Waals surface area contributed by atoms with E-state index in [4.69, 9.17) is 0 Å². The van der Waals surface area contributed by atoms with Gasteiger partial charge in [0.2, 0.25) is 0 Å². The van der Waals surface area contributed by atoms with Gasteiger partial charge in [0.1, 0.15) is 5.69 Å². The second-order valence-electron chi connectivity index (χ2n) is 7.22. The van der Waals surface area contributed by atoms with E-state index in [9.17, 15) is 0 Å². The molecule has 0 amide bonds. The first-order valence-corrected chi connectivity index (χ1v) is 9.32. The van der Waals surface area contributed by atoms with Crippen molar-refractivity contribution in [1.29, 1.82) is 0 Å². The maximum atomic E-state index is 4.60. The van der Waals surface area contributed by atoms with Crippen molar-refractivity contribution in [2.45, 2.75) is 52.0 Å². The lowest BCUT2D eigenvalue weighted by molar-refractivity contribution is 0.462. The van der Waals surface area contributed by atoms with Crippen molar-refractivity contribution in [2.75, 3.05) is 5.32 Å². The van der Waals surface area contributed by atoms with Crippen molar-refractivity contribution in [2.24, 2.45) is 0 Å². The van der Waals surface area contributed by atoms with Crippen LogP contribution >= 0.6 is 0 Å². The van der Waals surface area contributed by atoms with Gasteiger partial charge >= 0.3 is 0 Å². The highest BCUT2D eigenvalue weighted by molar-refractivity contribution is 6.00. The van der Waals surface area contributed by atoms with E-state index in [0.717, 1.165) is 22.5 Å². The SMILES string of the molecule is Cc1ccc(-c2nnc(NC3CCCCC3)c3ccccc23)cc1C.